The molecule has 5 heavy (non-hydrogen) atoms. The number of nitriles is 1. The molecule has 0 amide bonds. The zero-order valence-corrected chi connectivity index (χ0v) is 7.95. The molecule has 0 unspecified atom stereocenters. The summed E-state index contributed by atoms with van der Waals surface area (Å²) in [7, 11) is 0. The van der Waals surface area contributed by atoms with Crippen LogP contribution in [0.3, 0.4) is 0 Å². The molecular weight excluding hydrogens is 278 g/mol. The smallest absolute Gasteiger partial charge is 0.812 e. The second-order valence-corrected chi connectivity index (χ2v) is 0.0913. The van der Waals surface area contributed by atoms with Crippen molar-refractivity contribution >= 4 is 0 Å². The van der Waals surface area contributed by atoms with Gasteiger partial charge in [0.25, 0.3) is 0 Å². The van der Waals surface area contributed by atoms with E-state index >= 15 is 0 Å². The molecule has 0 N–H and O–H groups in total. The fourth-order valence-electron chi connectivity index (χ4n) is 0. The summed E-state index contributed by atoms with van der Waals surface area (Å²) in [5, 5.41) is 15.0. The van der Waals surface area contributed by atoms with Crippen LogP contribution >= 0.6 is 0 Å². The molecule has 0 spiro atoms. The minimum absolute atomic E-state index is 0. The quantitative estimate of drug-likeness (QED) is 0.333. The van der Waals surface area contributed by atoms with E-state index in [1.54, 1.807) is 0 Å². The molecule has 4 heteroatoms. The van der Waals surface area contributed by atoms with Gasteiger partial charge in [-0.15, -0.1) is 0 Å². The van der Waals surface area contributed by atoms with Crippen LogP contribution in [0.25, 0.3) is 0 Å². The molecule has 0 heterocycles. The largest absolute Gasteiger partial charge is 1.00 e. The first-order chi connectivity index (χ1) is 1.41. The Labute approximate surface area is 88.5 Å². The van der Waals surface area contributed by atoms with E-state index in [1.165, 1.54) is 0 Å². The molecule has 0 aromatic heterocycles. The van der Waals surface area contributed by atoms with Gasteiger partial charge in [0.2, 0.25) is 0 Å². The van der Waals surface area contributed by atoms with Gasteiger partial charge in [0.1, 0.15) is 0 Å². The fourth-order valence-corrected chi connectivity index (χ4v) is 0. The Morgan fingerprint density at radius 1 is 1.60 bits per heavy atom. The van der Waals surface area contributed by atoms with E-state index < -0.39 is 0 Å². The Bertz CT molecular complexity index is 33.1. The predicted octanol–water partition coefficient (Wildman–Crippen LogP) is -4.17. The summed E-state index contributed by atoms with van der Waals surface area (Å²) >= 11 is 0. The Kier molecular flexibility index (Phi) is 55.3. The standard InChI is InChI=1S/CHNO.Au.K/c2-1-3;;/h3H;;/q;2*+1/p-1. The number of nitrogens with zero attached hydrogens (tertiary/aromatic N) is 1. The van der Waals surface area contributed by atoms with Crippen molar-refractivity contribution in [3.8, 4) is 6.26 Å². The van der Waals surface area contributed by atoms with E-state index in [0.717, 1.165) is 0 Å². The van der Waals surface area contributed by atoms with Crippen molar-refractivity contribution < 1.29 is 78.9 Å². The molecule has 0 aromatic carbocycles. The van der Waals surface area contributed by atoms with E-state index in [-0.39, 0.29) is 73.8 Å². The van der Waals surface area contributed by atoms with Gasteiger partial charge in [0, 0.05) is 6.26 Å². The van der Waals surface area contributed by atoms with Gasteiger partial charge in [0.05, 0.1) is 0 Å². The van der Waals surface area contributed by atoms with E-state index in [0.29, 0.717) is 6.26 Å². The van der Waals surface area contributed by atoms with Crippen LogP contribution in [0.2, 0.25) is 0 Å². The summed E-state index contributed by atoms with van der Waals surface area (Å²) in [6, 6.07) is 0. The molecule has 26 valence electrons. The molecule has 0 saturated carbocycles. The van der Waals surface area contributed by atoms with Gasteiger partial charge in [-0.05, 0) is 0 Å². The monoisotopic (exact) mass is 278 g/mol. The van der Waals surface area contributed by atoms with Gasteiger partial charge in [-0.25, -0.2) is 5.26 Å². The molecule has 0 bridgehead atoms. The SMILES string of the molecule is N#C[O-].[Au+].[K+]. The Morgan fingerprint density at radius 3 is 1.60 bits per heavy atom. The molecule has 0 fully saturated rings. The molecule has 0 aliphatic rings. The van der Waals surface area contributed by atoms with Crippen molar-refractivity contribution in [3.05, 3.63) is 0 Å². The topological polar surface area (TPSA) is 46.8 Å². The van der Waals surface area contributed by atoms with Crippen LogP contribution in [0.1, 0.15) is 0 Å². The zero-order valence-electron chi connectivity index (χ0n) is 2.66. The van der Waals surface area contributed by atoms with E-state index in [4.69, 9.17) is 10.4 Å². The molecule has 0 atom stereocenters. The predicted molar refractivity (Wildman–Crippen MR) is 5.61 cm³/mol. The molecule has 0 aliphatic heterocycles. The van der Waals surface area contributed by atoms with Gasteiger partial charge >= 0.3 is 73.8 Å². The van der Waals surface area contributed by atoms with Crippen LogP contribution < -0.4 is 56.5 Å². The molecule has 2 nitrogen and oxygen atoms in total. The zero-order chi connectivity index (χ0) is 2.71. The maximum atomic E-state index is 8.24. The minimum atomic E-state index is 0. The van der Waals surface area contributed by atoms with E-state index in [9.17, 15) is 0 Å². The number of hydrogen-bond donors (Lipinski definition) is 0. The molecule has 0 aromatic rings. The Balaban J connectivity index is -0.0000000200. The van der Waals surface area contributed by atoms with Crippen molar-refractivity contribution in [2.45, 2.75) is 0 Å². The van der Waals surface area contributed by atoms with Crippen LogP contribution in [-0.4, -0.2) is 0 Å². The normalized spacial score (nSPS) is 1.40. The van der Waals surface area contributed by atoms with Gasteiger partial charge in [-0.2, -0.15) is 0 Å². The average molecular weight is 278 g/mol. The van der Waals surface area contributed by atoms with Gasteiger partial charge in [-0.1, -0.05) is 0 Å². The summed E-state index contributed by atoms with van der Waals surface area (Å²) in [6.45, 7) is 0. The minimum Gasteiger partial charge on any atom is -0.812 e. The van der Waals surface area contributed by atoms with Gasteiger partial charge < -0.3 is 5.11 Å². The van der Waals surface area contributed by atoms with Crippen LogP contribution in [0.4, 0.5) is 0 Å². The summed E-state index contributed by atoms with van der Waals surface area (Å²) in [4.78, 5) is 0. The molecular formula is CAuKNO+. The summed E-state index contributed by atoms with van der Waals surface area (Å²) < 4.78 is 0. The maximum absolute atomic E-state index is 8.24. The van der Waals surface area contributed by atoms with Crippen molar-refractivity contribution in [1.29, 1.82) is 5.26 Å². The van der Waals surface area contributed by atoms with E-state index in [2.05, 4.69) is 0 Å². The number of hydrogen-bond acceptors (Lipinski definition) is 2. The first kappa shape index (κ1) is 15.9. The summed E-state index contributed by atoms with van der Waals surface area (Å²) in [5.74, 6) is 0. The third-order valence-corrected chi connectivity index (χ3v) is 0. The van der Waals surface area contributed by atoms with Crippen molar-refractivity contribution in [3.63, 3.8) is 0 Å². The third kappa shape index (κ3) is 27.4. The number of rotatable bonds is 0. The average Bonchev–Trinajstić information content (AvgIpc) is 0.918. The third-order valence-electron chi connectivity index (χ3n) is 0. The maximum Gasteiger partial charge on any atom is 1.00 e. The van der Waals surface area contributed by atoms with Crippen molar-refractivity contribution in [2.24, 2.45) is 0 Å². The second kappa shape index (κ2) is 17.4. The first-order valence-corrected chi connectivity index (χ1v) is 0.428. The van der Waals surface area contributed by atoms with Crippen LogP contribution in [-0.2, 0) is 22.4 Å². The molecule has 0 saturated heterocycles. The van der Waals surface area contributed by atoms with Crippen LogP contribution in [0.5, 0.6) is 0 Å². The van der Waals surface area contributed by atoms with E-state index in [1.807, 2.05) is 0 Å². The molecule has 0 rings (SSSR count). The van der Waals surface area contributed by atoms with Crippen LogP contribution in [0, 0.1) is 11.5 Å². The van der Waals surface area contributed by atoms with Crippen LogP contribution in [0.15, 0.2) is 0 Å². The molecule has 0 radical (unpaired) electrons. The Morgan fingerprint density at radius 2 is 1.60 bits per heavy atom. The summed E-state index contributed by atoms with van der Waals surface area (Å²) in [6.07, 6.45) is 0.500. The Hall–Kier alpha value is 1.67. The van der Waals surface area contributed by atoms with Crippen molar-refractivity contribution in [2.75, 3.05) is 0 Å². The first-order valence-electron chi connectivity index (χ1n) is 0.428. The fraction of sp³-hybridized carbons (Fsp3) is 0. The van der Waals surface area contributed by atoms with Gasteiger partial charge in [0.15, 0.2) is 0 Å². The molecule has 0 aliphatic carbocycles. The van der Waals surface area contributed by atoms with Gasteiger partial charge in [-0.3, -0.25) is 0 Å². The second-order valence-electron chi connectivity index (χ2n) is 0.0913. The summed E-state index contributed by atoms with van der Waals surface area (Å²) in [5.41, 5.74) is 0. The van der Waals surface area contributed by atoms with Crippen molar-refractivity contribution in [1.82, 2.24) is 0 Å².